The van der Waals surface area contributed by atoms with Gasteiger partial charge in [-0.2, -0.15) is 8.78 Å². The van der Waals surface area contributed by atoms with Crippen molar-refractivity contribution < 1.29 is 23.1 Å². The lowest BCUT2D eigenvalue weighted by atomic mass is 10.2. The molecule has 0 aliphatic carbocycles. The number of methoxy groups -OCH3 is 1. The van der Waals surface area contributed by atoms with Gasteiger partial charge in [0.15, 0.2) is 0 Å². The number of amides is 1. The Morgan fingerprint density at radius 2 is 1.90 bits per heavy atom. The molecule has 1 aromatic carbocycles. The minimum atomic E-state index is -2.48. The standard InChI is InChI=1S/C14H17F2NO3S/c1-17(9-3-4-12(18)20-2)13(19)10-5-7-11(8-6-10)21-14(15)16/h5-8,14H,3-4,9H2,1-2H3. The van der Waals surface area contributed by atoms with Gasteiger partial charge < -0.3 is 9.64 Å². The molecule has 0 bridgehead atoms. The Balaban J connectivity index is 2.51. The number of benzene rings is 1. The lowest BCUT2D eigenvalue weighted by Gasteiger charge is -2.17. The normalized spacial score (nSPS) is 10.5. The van der Waals surface area contributed by atoms with Crippen LogP contribution in [0.15, 0.2) is 29.2 Å². The third-order valence-electron chi connectivity index (χ3n) is 2.78. The van der Waals surface area contributed by atoms with Gasteiger partial charge >= 0.3 is 5.97 Å². The van der Waals surface area contributed by atoms with Gasteiger partial charge in [-0.05, 0) is 30.7 Å². The first-order valence-electron chi connectivity index (χ1n) is 6.31. The molecule has 1 rings (SSSR count). The fraction of sp³-hybridized carbons (Fsp3) is 0.429. The zero-order valence-corrected chi connectivity index (χ0v) is 12.7. The summed E-state index contributed by atoms with van der Waals surface area (Å²) in [5, 5.41) is 0. The van der Waals surface area contributed by atoms with E-state index >= 15 is 0 Å². The van der Waals surface area contributed by atoms with Crippen LogP contribution in [0.4, 0.5) is 8.78 Å². The van der Waals surface area contributed by atoms with Crippen LogP contribution in [0.25, 0.3) is 0 Å². The monoisotopic (exact) mass is 317 g/mol. The van der Waals surface area contributed by atoms with E-state index in [4.69, 9.17) is 0 Å². The average Bonchev–Trinajstić information content (AvgIpc) is 2.46. The number of alkyl halides is 2. The van der Waals surface area contributed by atoms with E-state index in [1.807, 2.05) is 0 Å². The van der Waals surface area contributed by atoms with Gasteiger partial charge in [-0.15, -0.1) is 0 Å². The first-order chi connectivity index (χ1) is 9.93. The Kier molecular flexibility index (Phi) is 7.14. The number of ether oxygens (including phenoxy) is 1. The molecule has 7 heteroatoms. The number of rotatable bonds is 7. The number of carbonyl (C=O) groups excluding carboxylic acids is 2. The summed E-state index contributed by atoms with van der Waals surface area (Å²) in [7, 11) is 2.94. The molecular formula is C14H17F2NO3S. The summed E-state index contributed by atoms with van der Waals surface area (Å²) in [6.07, 6.45) is 0.756. The van der Waals surface area contributed by atoms with E-state index in [9.17, 15) is 18.4 Å². The first kappa shape index (κ1) is 17.4. The SMILES string of the molecule is COC(=O)CCCN(C)C(=O)c1ccc(SC(F)F)cc1. The molecule has 0 spiro atoms. The van der Waals surface area contributed by atoms with Crippen LogP contribution in [0, 0.1) is 0 Å². The second-order valence-corrected chi connectivity index (χ2v) is 5.37. The minimum Gasteiger partial charge on any atom is -0.469 e. The molecule has 0 fully saturated rings. The van der Waals surface area contributed by atoms with E-state index < -0.39 is 5.76 Å². The Hall–Kier alpha value is -1.63. The predicted molar refractivity (Wildman–Crippen MR) is 76.5 cm³/mol. The van der Waals surface area contributed by atoms with Crippen molar-refractivity contribution >= 4 is 23.6 Å². The summed E-state index contributed by atoms with van der Waals surface area (Å²) in [5.74, 6) is -3.01. The fourth-order valence-corrected chi connectivity index (χ4v) is 2.16. The summed E-state index contributed by atoms with van der Waals surface area (Å²) in [6.45, 7) is 0.418. The smallest absolute Gasteiger partial charge is 0.305 e. The lowest BCUT2D eigenvalue weighted by molar-refractivity contribution is -0.140. The zero-order valence-electron chi connectivity index (χ0n) is 11.8. The molecule has 21 heavy (non-hydrogen) atoms. The molecule has 0 aromatic heterocycles. The molecule has 1 aromatic rings. The van der Waals surface area contributed by atoms with Crippen LogP contribution in [-0.4, -0.2) is 43.2 Å². The van der Waals surface area contributed by atoms with Gasteiger partial charge in [-0.1, -0.05) is 11.8 Å². The number of hydrogen-bond acceptors (Lipinski definition) is 4. The van der Waals surface area contributed by atoms with Gasteiger partial charge in [0.1, 0.15) is 0 Å². The molecule has 116 valence electrons. The van der Waals surface area contributed by atoms with E-state index in [0.29, 0.717) is 35.2 Å². The van der Waals surface area contributed by atoms with Crippen LogP contribution in [0.3, 0.4) is 0 Å². The molecule has 0 saturated carbocycles. The van der Waals surface area contributed by atoms with Gasteiger partial charge in [-0.25, -0.2) is 0 Å². The molecular weight excluding hydrogens is 300 g/mol. The van der Waals surface area contributed by atoms with Crippen LogP contribution in [0.1, 0.15) is 23.2 Å². The molecule has 0 atom stereocenters. The highest BCUT2D eigenvalue weighted by Gasteiger charge is 2.13. The number of halogens is 2. The zero-order chi connectivity index (χ0) is 15.8. The summed E-state index contributed by atoms with van der Waals surface area (Å²) < 4.78 is 28.9. The van der Waals surface area contributed by atoms with Gasteiger partial charge in [0.25, 0.3) is 11.7 Å². The van der Waals surface area contributed by atoms with E-state index in [1.165, 1.54) is 36.3 Å². The maximum atomic E-state index is 12.2. The van der Waals surface area contributed by atoms with Crippen molar-refractivity contribution in [3.05, 3.63) is 29.8 Å². The molecule has 0 aliphatic heterocycles. The lowest BCUT2D eigenvalue weighted by Crippen LogP contribution is -2.28. The maximum absolute atomic E-state index is 12.2. The fourth-order valence-electron chi connectivity index (χ4n) is 1.66. The van der Waals surface area contributed by atoms with Crippen molar-refractivity contribution in [3.63, 3.8) is 0 Å². The van der Waals surface area contributed by atoms with E-state index in [0.717, 1.165) is 0 Å². The number of esters is 1. The Morgan fingerprint density at radius 1 is 1.29 bits per heavy atom. The van der Waals surface area contributed by atoms with Gasteiger partial charge in [-0.3, -0.25) is 9.59 Å². The van der Waals surface area contributed by atoms with Crippen LogP contribution in [-0.2, 0) is 9.53 Å². The van der Waals surface area contributed by atoms with Crippen molar-refractivity contribution in [2.75, 3.05) is 20.7 Å². The quantitative estimate of drug-likeness (QED) is 0.573. The number of hydrogen-bond donors (Lipinski definition) is 0. The average molecular weight is 317 g/mol. The maximum Gasteiger partial charge on any atom is 0.305 e. The highest BCUT2D eigenvalue weighted by molar-refractivity contribution is 7.99. The third kappa shape index (κ3) is 6.12. The third-order valence-corrected chi connectivity index (χ3v) is 3.50. The Labute approximate surface area is 126 Å². The summed E-state index contributed by atoms with van der Waals surface area (Å²) in [4.78, 5) is 24.9. The molecule has 0 N–H and O–H groups in total. The molecule has 1 amide bonds. The number of thioether (sulfide) groups is 1. The number of nitrogens with zero attached hydrogens (tertiary/aromatic N) is 1. The van der Waals surface area contributed by atoms with Gasteiger partial charge in [0.05, 0.1) is 7.11 Å². The Morgan fingerprint density at radius 3 is 2.43 bits per heavy atom. The largest absolute Gasteiger partial charge is 0.469 e. The summed E-state index contributed by atoms with van der Waals surface area (Å²) in [5.41, 5.74) is 0.425. The van der Waals surface area contributed by atoms with E-state index in [1.54, 1.807) is 7.05 Å². The number of carbonyl (C=O) groups is 2. The van der Waals surface area contributed by atoms with Crippen molar-refractivity contribution in [1.29, 1.82) is 0 Å². The second-order valence-electron chi connectivity index (χ2n) is 4.31. The van der Waals surface area contributed by atoms with Gasteiger partial charge in [0.2, 0.25) is 0 Å². The molecule has 0 saturated heterocycles. The Bertz CT molecular complexity index is 480. The molecule has 4 nitrogen and oxygen atoms in total. The minimum absolute atomic E-state index is 0.214. The van der Waals surface area contributed by atoms with Crippen molar-refractivity contribution in [2.45, 2.75) is 23.5 Å². The van der Waals surface area contributed by atoms with Crippen LogP contribution in [0.2, 0.25) is 0 Å². The molecule has 0 heterocycles. The van der Waals surface area contributed by atoms with Gasteiger partial charge in [0, 0.05) is 30.5 Å². The van der Waals surface area contributed by atoms with Crippen molar-refractivity contribution in [2.24, 2.45) is 0 Å². The highest BCUT2D eigenvalue weighted by Crippen LogP contribution is 2.25. The van der Waals surface area contributed by atoms with Crippen LogP contribution >= 0.6 is 11.8 Å². The van der Waals surface area contributed by atoms with Crippen molar-refractivity contribution in [1.82, 2.24) is 4.90 Å². The van der Waals surface area contributed by atoms with Crippen LogP contribution in [0.5, 0.6) is 0 Å². The topological polar surface area (TPSA) is 46.6 Å². The van der Waals surface area contributed by atoms with E-state index in [-0.39, 0.29) is 18.3 Å². The first-order valence-corrected chi connectivity index (χ1v) is 7.19. The molecule has 0 unspecified atom stereocenters. The highest BCUT2D eigenvalue weighted by atomic mass is 32.2. The second kappa shape index (κ2) is 8.61. The molecule has 0 aliphatic rings. The van der Waals surface area contributed by atoms with E-state index in [2.05, 4.69) is 4.74 Å². The predicted octanol–water partition coefficient (Wildman–Crippen LogP) is 3.03. The summed E-state index contributed by atoms with van der Waals surface area (Å²) >= 11 is 0.437. The molecule has 0 radical (unpaired) electrons. The van der Waals surface area contributed by atoms with Crippen molar-refractivity contribution in [3.8, 4) is 0 Å². The van der Waals surface area contributed by atoms with Crippen LogP contribution < -0.4 is 0 Å². The summed E-state index contributed by atoms with van der Waals surface area (Å²) in [6, 6.07) is 6.02.